The van der Waals surface area contributed by atoms with E-state index < -0.39 is 0 Å². The predicted molar refractivity (Wildman–Crippen MR) is 132 cm³/mol. The molecule has 6 rings (SSSR count). The van der Waals surface area contributed by atoms with E-state index in [1.54, 1.807) is 6.26 Å². The third-order valence-corrected chi connectivity index (χ3v) is 6.33. The number of furan rings is 1. The van der Waals surface area contributed by atoms with Crippen LogP contribution in [-0.2, 0) is 19.5 Å². The Morgan fingerprint density at radius 1 is 0.971 bits per heavy atom. The summed E-state index contributed by atoms with van der Waals surface area (Å²) in [5, 5.41) is 5.56. The van der Waals surface area contributed by atoms with E-state index in [0.717, 1.165) is 65.8 Å². The standard InChI is InChI=1S/C27H22ClN5O/c28-22-10-8-19(9-11-22)27-29-15-20-16-32(13-12-24(20)30-27)17-21-18-33(23-5-2-1-3-6-23)31-26(21)25-7-4-14-34-25/h1-11,14-15,18H,12-13,16-17H2. The number of rotatable bonds is 5. The normalized spacial score (nSPS) is 13.7. The maximum atomic E-state index is 6.02. The summed E-state index contributed by atoms with van der Waals surface area (Å²) in [6, 6.07) is 21.6. The fourth-order valence-corrected chi connectivity index (χ4v) is 4.47. The average Bonchev–Trinajstić information content (AvgIpc) is 3.55. The maximum Gasteiger partial charge on any atom is 0.159 e. The zero-order chi connectivity index (χ0) is 22.9. The Hall–Kier alpha value is -3.74. The Morgan fingerprint density at radius 2 is 1.82 bits per heavy atom. The number of nitrogens with zero attached hydrogens (tertiary/aromatic N) is 5. The van der Waals surface area contributed by atoms with Gasteiger partial charge in [-0.3, -0.25) is 4.90 Å². The molecule has 1 aliphatic rings. The fraction of sp³-hybridized carbons (Fsp3) is 0.148. The van der Waals surface area contributed by atoms with Crippen molar-refractivity contribution in [3.8, 4) is 28.5 Å². The molecular weight excluding hydrogens is 446 g/mol. The zero-order valence-electron chi connectivity index (χ0n) is 18.4. The van der Waals surface area contributed by atoms with Crippen LogP contribution in [0.5, 0.6) is 0 Å². The van der Waals surface area contributed by atoms with E-state index in [4.69, 9.17) is 26.1 Å². The van der Waals surface area contributed by atoms with Crippen molar-refractivity contribution in [1.29, 1.82) is 0 Å². The van der Waals surface area contributed by atoms with Crippen molar-refractivity contribution in [2.75, 3.05) is 6.54 Å². The molecule has 0 atom stereocenters. The van der Waals surface area contributed by atoms with Crippen LogP contribution in [0, 0.1) is 0 Å². The molecule has 34 heavy (non-hydrogen) atoms. The van der Waals surface area contributed by atoms with Crippen LogP contribution in [0.3, 0.4) is 0 Å². The number of benzene rings is 2. The second-order valence-electron chi connectivity index (χ2n) is 8.39. The van der Waals surface area contributed by atoms with Gasteiger partial charge in [0.1, 0.15) is 5.69 Å². The van der Waals surface area contributed by atoms with Gasteiger partial charge in [0, 0.05) is 60.2 Å². The van der Waals surface area contributed by atoms with Crippen LogP contribution in [0.2, 0.25) is 5.02 Å². The van der Waals surface area contributed by atoms with Gasteiger partial charge >= 0.3 is 0 Å². The summed E-state index contributed by atoms with van der Waals surface area (Å²) in [4.78, 5) is 11.9. The van der Waals surface area contributed by atoms with Gasteiger partial charge in [-0.05, 0) is 48.5 Å². The van der Waals surface area contributed by atoms with Crippen molar-refractivity contribution in [2.45, 2.75) is 19.5 Å². The zero-order valence-corrected chi connectivity index (χ0v) is 19.2. The van der Waals surface area contributed by atoms with Crippen LogP contribution in [0.1, 0.15) is 16.8 Å². The molecule has 3 aromatic heterocycles. The smallest absolute Gasteiger partial charge is 0.159 e. The summed E-state index contributed by atoms with van der Waals surface area (Å²) in [6.07, 6.45) is 6.62. The van der Waals surface area contributed by atoms with Crippen LogP contribution in [0.25, 0.3) is 28.5 Å². The van der Waals surface area contributed by atoms with Crippen LogP contribution in [0.15, 0.2) is 89.8 Å². The highest BCUT2D eigenvalue weighted by Crippen LogP contribution is 2.28. The molecule has 168 valence electrons. The third-order valence-electron chi connectivity index (χ3n) is 6.07. The summed E-state index contributed by atoms with van der Waals surface area (Å²) in [5.41, 5.74) is 6.27. The van der Waals surface area contributed by atoms with E-state index in [2.05, 4.69) is 28.2 Å². The van der Waals surface area contributed by atoms with E-state index in [-0.39, 0.29) is 0 Å². The van der Waals surface area contributed by atoms with Crippen molar-refractivity contribution < 1.29 is 4.42 Å². The Morgan fingerprint density at radius 3 is 2.62 bits per heavy atom. The Bertz CT molecular complexity index is 1410. The Labute approximate surface area is 202 Å². The average molecular weight is 468 g/mol. The van der Waals surface area contributed by atoms with Gasteiger partial charge in [0.25, 0.3) is 0 Å². The molecule has 0 aliphatic carbocycles. The third kappa shape index (κ3) is 4.14. The van der Waals surface area contributed by atoms with Crippen LogP contribution in [0.4, 0.5) is 0 Å². The number of hydrogen-bond donors (Lipinski definition) is 0. The SMILES string of the molecule is Clc1ccc(-c2ncc3c(n2)CCN(Cc2cn(-c4ccccc4)nc2-c2ccco2)C3)cc1. The highest BCUT2D eigenvalue weighted by atomic mass is 35.5. The molecule has 0 fully saturated rings. The molecule has 0 bridgehead atoms. The van der Waals surface area contributed by atoms with Crippen LogP contribution in [-0.4, -0.2) is 31.2 Å². The maximum absolute atomic E-state index is 6.02. The largest absolute Gasteiger partial charge is 0.463 e. The van der Waals surface area contributed by atoms with Crippen LogP contribution >= 0.6 is 11.6 Å². The van der Waals surface area contributed by atoms with Crippen molar-refractivity contribution in [3.05, 3.63) is 107 Å². The van der Waals surface area contributed by atoms with E-state index >= 15 is 0 Å². The van der Waals surface area contributed by atoms with Gasteiger partial charge in [0.05, 0.1) is 17.6 Å². The Balaban J connectivity index is 1.25. The summed E-state index contributed by atoms with van der Waals surface area (Å²) in [5.74, 6) is 1.52. The number of halogens is 1. The topological polar surface area (TPSA) is 60.0 Å². The molecule has 1 aliphatic heterocycles. The van der Waals surface area contributed by atoms with Crippen molar-refractivity contribution >= 4 is 11.6 Å². The number of para-hydroxylation sites is 1. The van der Waals surface area contributed by atoms with Gasteiger partial charge in [-0.15, -0.1) is 0 Å². The molecule has 6 nitrogen and oxygen atoms in total. The van der Waals surface area contributed by atoms with Gasteiger partial charge in [-0.2, -0.15) is 5.10 Å². The van der Waals surface area contributed by atoms with E-state index in [9.17, 15) is 0 Å². The Kier molecular flexibility index (Phi) is 5.45. The lowest BCUT2D eigenvalue weighted by Gasteiger charge is -2.27. The fourth-order valence-electron chi connectivity index (χ4n) is 4.35. The first kappa shape index (κ1) is 20.8. The minimum Gasteiger partial charge on any atom is -0.463 e. The van der Waals surface area contributed by atoms with Gasteiger partial charge in [0.15, 0.2) is 11.6 Å². The minimum absolute atomic E-state index is 0.710. The number of fused-ring (bicyclic) bond motifs is 1. The lowest BCUT2D eigenvalue weighted by atomic mass is 10.1. The molecule has 4 heterocycles. The van der Waals surface area contributed by atoms with Crippen molar-refractivity contribution in [3.63, 3.8) is 0 Å². The van der Waals surface area contributed by atoms with Gasteiger partial charge in [-0.1, -0.05) is 29.8 Å². The highest BCUT2D eigenvalue weighted by Gasteiger charge is 2.22. The highest BCUT2D eigenvalue weighted by molar-refractivity contribution is 6.30. The summed E-state index contributed by atoms with van der Waals surface area (Å²) in [6.45, 7) is 2.48. The molecular formula is C27H22ClN5O. The lowest BCUT2D eigenvalue weighted by molar-refractivity contribution is 0.243. The first-order valence-corrected chi connectivity index (χ1v) is 11.6. The molecule has 0 saturated carbocycles. The monoisotopic (exact) mass is 467 g/mol. The molecule has 7 heteroatoms. The van der Waals surface area contributed by atoms with Gasteiger partial charge in [0.2, 0.25) is 0 Å². The van der Waals surface area contributed by atoms with Crippen molar-refractivity contribution in [1.82, 2.24) is 24.6 Å². The molecule has 0 radical (unpaired) electrons. The number of hydrogen-bond acceptors (Lipinski definition) is 5. The molecule has 2 aromatic carbocycles. The first-order valence-electron chi connectivity index (χ1n) is 11.2. The quantitative estimate of drug-likeness (QED) is 0.327. The van der Waals surface area contributed by atoms with E-state index in [1.807, 2.05) is 65.5 Å². The predicted octanol–water partition coefficient (Wildman–Crippen LogP) is 5.80. The number of aromatic nitrogens is 4. The van der Waals surface area contributed by atoms with Gasteiger partial charge < -0.3 is 4.42 Å². The second-order valence-corrected chi connectivity index (χ2v) is 8.83. The van der Waals surface area contributed by atoms with Gasteiger partial charge in [-0.25, -0.2) is 14.6 Å². The molecule has 0 spiro atoms. The lowest BCUT2D eigenvalue weighted by Crippen LogP contribution is -2.31. The molecule has 0 saturated heterocycles. The minimum atomic E-state index is 0.710. The van der Waals surface area contributed by atoms with Crippen molar-refractivity contribution in [2.24, 2.45) is 0 Å². The molecule has 0 amide bonds. The second kappa shape index (κ2) is 8.89. The molecule has 0 unspecified atom stereocenters. The summed E-state index contributed by atoms with van der Waals surface area (Å²) >= 11 is 6.02. The summed E-state index contributed by atoms with van der Waals surface area (Å²) < 4.78 is 7.62. The molecule has 0 N–H and O–H groups in total. The first-order chi connectivity index (χ1) is 16.7. The van der Waals surface area contributed by atoms with E-state index in [0.29, 0.717) is 5.02 Å². The summed E-state index contributed by atoms with van der Waals surface area (Å²) in [7, 11) is 0. The van der Waals surface area contributed by atoms with Crippen LogP contribution < -0.4 is 0 Å². The molecule has 5 aromatic rings. The van der Waals surface area contributed by atoms with E-state index in [1.165, 1.54) is 5.56 Å².